The predicted octanol–water partition coefficient (Wildman–Crippen LogP) is 4.98. The van der Waals surface area contributed by atoms with Crippen LogP contribution in [0.4, 0.5) is 0 Å². The van der Waals surface area contributed by atoms with Crippen molar-refractivity contribution in [1.82, 2.24) is 20.5 Å². The molecule has 9 nitrogen and oxygen atoms in total. The number of nitrogens with two attached hydrogens (primary N) is 1. The van der Waals surface area contributed by atoms with Crippen molar-refractivity contribution in [2.24, 2.45) is 5.73 Å². The molecular formula is C26H24Cl2N6O3. The van der Waals surface area contributed by atoms with Crippen LogP contribution in [0.5, 0.6) is 17.2 Å². The number of nitriles is 1. The van der Waals surface area contributed by atoms with Crippen molar-refractivity contribution in [3.8, 4) is 34.6 Å². The highest BCUT2D eigenvalue weighted by Crippen LogP contribution is 2.39. The fourth-order valence-corrected chi connectivity index (χ4v) is 4.94. The van der Waals surface area contributed by atoms with Crippen LogP contribution in [0.1, 0.15) is 30.2 Å². The maximum absolute atomic E-state index is 9.91. The van der Waals surface area contributed by atoms with E-state index in [1.165, 1.54) is 12.4 Å². The average molecular weight is 539 g/mol. The number of nitrogens with zero attached hydrogens (tertiary/aromatic N) is 3. The molecule has 1 saturated heterocycles. The summed E-state index contributed by atoms with van der Waals surface area (Å²) in [7, 11) is 1.56. The van der Waals surface area contributed by atoms with E-state index in [4.69, 9.17) is 43.1 Å². The number of halogens is 2. The lowest BCUT2D eigenvalue weighted by Crippen LogP contribution is -2.34. The van der Waals surface area contributed by atoms with Crippen LogP contribution in [-0.2, 0) is 0 Å². The number of hydrogen-bond acceptors (Lipinski definition) is 8. The number of benzene rings is 2. The first-order chi connectivity index (χ1) is 18.0. The van der Waals surface area contributed by atoms with Crippen LogP contribution in [-0.4, -0.2) is 41.5 Å². The Morgan fingerprint density at radius 2 is 1.89 bits per heavy atom. The Labute approximate surface area is 223 Å². The van der Waals surface area contributed by atoms with Crippen molar-refractivity contribution >= 4 is 34.1 Å². The SMILES string of the molecule is COc1cc(-c2n[nH]c3ccc(O[C@H](N)c4c(Cl)cncc4Cl)cc23)cc(C#N)c1OC1CCNCC1. The van der Waals surface area contributed by atoms with Crippen LogP contribution in [0, 0.1) is 11.3 Å². The molecule has 1 atom stereocenters. The molecule has 190 valence electrons. The fourth-order valence-electron chi connectivity index (χ4n) is 4.36. The molecule has 5 rings (SSSR count). The van der Waals surface area contributed by atoms with Crippen molar-refractivity contribution in [3.63, 3.8) is 0 Å². The number of hydrogen-bond donors (Lipinski definition) is 3. The Hall–Kier alpha value is -3.55. The highest BCUT2D eigenvalue weighted by Gasteiger charge is 2.22. The number of H-pyrrole nitrogens is 1. The van der Waals surface area contributed by atoms with Gasteiger partial charge in [-0.25, -0.2) is 0 Å². The van der Waals surface area contributed by atoms with Gasteiger partial charge in [0.15, 0.2) is 17.7 Å². The van der Waals surface area contributed by atoms with Gasteiger partial charge in [0.2, 0.25) is 0 Å². The van der Waals surface area contributed by atoms with Crippen molar-refractivity contribution in [1.29, 1.82) is 5.26 Å². The van der Waals surface area contributed by atoms with Crippen LogP contribution in [0.25, 0.3) is 22.2 Å². The Kier molecular flexibility index (Phi) is 7.35. The maximum atomic E-state index is 9.91. The molecule has 0 bridgehead atoms. The molecule has 0 saturated carbocycles. The Balaban J connectivity index is 1.49. The van der Waals surface area contributed by atoms with Crippen molar-refractivity contribution < 1.29 is 14.2 Å². The van der Waals surface area contributed by atoms with Crippen LogP contribution in [0.15, 0.2) is 42.7 Å². The third-order valence-corrected chi connectivity index (χ3v) is 6.81. The van der Waals surface area contributed by atoms with E-state index in [-0.39, 0.29) is 6.10 Å². The van der Waals surface area contributed by atoms with E-state index in [1.54, 1.807) is 19.2 Å². The number of aromatic amines is 1. The summed E-state index contributed by atoms with van der Waals surface area (Å²) >= 11 is 12.5. The quantitative estimate of drug-likeness (QED) is 0.281. The molecule has 3 heterocycles. The van der Waals surface area contributed by atoms with Gasteiger partial charge in [0.25, 0.3) is 0 Å². The van der Waals surface area contributed by atoms with Gasteiger partial charge in [0, 0.05) is 28.9 Å². The molecule has 0 spiro atoms. The topological polar surface area (TPSA) is 131 Å². The first-order valence-electron chi connectivity index (χ1n) is 11.7. The van der Waals surface area contributed by atoms with Gasteiger partial charge in [0.1, 0.15) is 23.6 Å². The molecule has 1 aliphatic rings. The molecule has 0 aliphatic carbocycles. The number of aromatic nitrogens is 3. The van der Waals surface area contributed by atoms with E-state index in [0.29, 0.717) is 49.7 Å². The Bertz CT molecular complexity index is 1460. The number of rotatable bonds is 7. The van der Waals surface area contributed by atoms with Gasteiger partial charge in [-0.15, -0.1) is 0 Å². The minimum atomic E-state index is -0.910. The van der Waals surface area contributed by atoms with E-state index >= 15 is 0 Å². The second kappa shape index (κ2) is 10.8. The summed E-state index contributed by atoms with van der Waals surface area (Å²) in [6.07, 6.45) is 3.75. The molecule has 2 aromatic heterocycles. The summed E-state index contributed by atoms with van der Waals surface area (Å²) in [6, 6.07) is 11.2. The molecular weight excluding hydrogens is 515 g/mol. The molecule has 11 heteroatoms. The number of pyridine rings is 1. The smallest absolute Gasteiger partial charge is 0.179 e. The van der Waals surface area contributed by atoms with Crippen molar-refractivity contribution in [3.05, 3.63) is 63.9 Å². The monoisotopic (exact) mass is 538 g/mol. The molecule has 0 amide bonds. The first-order valence-corrected chi connectivity index (χ1v) is 12.4. The summed E-state index contributed by atoms with van der Waals surface area (Å²) in [5.74, 6) is 1.41. The highest BCUT2D eigenvalue weighted by atomic mass is 35.5. The third-order valence-electron chi connectivity index (χ3n) is 6.21. The van der Waals surface area contributed by atoms with Crippen LogP contribution in [0.2, 0.25) is 10.0 Å². The summed E-state index contributed by atoms with van der Waals surface area (Å²) in [6.45, 7) is 1.75. The molecule has 37 heavy (non-hydrogen) atoms. The van der Waals surface area contributed by atoms with Crippen molar-refractivity contribution in [2.75, 3.05) is 20.2 Å². The highest BCUT2D eigenvalue weighted by molar-refractivity contribution is 6.35. The first kappa shape index (κ1) is 25.1. The van der Waals surface area contributed by atoms with E-state index < -0.39 is 6.23 Å². The zero-order valence-electron chi connectivity index (χ0n) is 19.9. The van der Waals surface area contributed by atoms with Crippen LogP contribution >= 0.6 is 23.2 Å². The lowest BCUT2D eigenvalue weighted by molar-refractivity contribution is 0.156. The molecule has 0 unspecified atom stereocenters. The normalized spacial score (nSPS) is 14.8. The number of piperidine rings is 1. The van der Waals surface area contributed by atoms with E-state index in [1.807, 2.05) is 18.2 Å². The third kappa shape index (κ3) is 5.15. The lowest BCUT2D eigenvalue weighted by atomic mass is 10.0. The lowest BCUT2D eigenvalue weighted by Gasteiger charge is -2.25. The fraction of sp³-hybridized carbons (Fsp3) is 0.269. The summed E-state index contributed by atoms with van der Waals surface area (Å²) in [4.78, 5) is 3.95. The van der Waals surface area contributed by atoms with Gasteiger partial charge in [-0.1, -0.05) is 23.2 Å². The summed E-state index contributed by atoms with van der Waals surface area (Å²) < 4.78 is 17.8. The number of ether oxygens (including phenoxy) is 3. The second-order valence-corrected chi connectivity index (χ2v) is 9.38. The molecule has 1 fully saturated rings. The zero-order chi connectivity index (χ0) is 25.9. The maximum Gasteiger partial charge on any atom is 0.179 e. The molecule has 2 aromatic carbocycles. The minimum Gasteiger partial charge on any atom is -0.493 e. The Morgan fingerprint density at radius 3 is 2.59 bits per heavy atom. The van der Waals surface area contributed by atoms with E-state index in [2.05, 4.69) is 26.6 Å². The Morgan fingerprint density at radius 1 is 1.14 bits per heavy atom. The number of methoxy groups -OCH3 is 1. The largest absolute Gasteiger partial charge is 0.493 e. The average Bonchev–Trinajstić information content (AvgIpc) is 3.32. The van der Waals surface area contributed by atoms with Crippen molar-refractivity contribution in [2.45, 2.75) is 25.2 Å². The van der Waals surface area contributed by atoms with Gasteiger partial charge in [0.05, 0.1) is 28.2 Å². The van der Waals surface area contributed by atoms with E-state index in [0.717, 1.165) is 36.8 Å². The van der Waals surface area contributed by atoms with Gasteiger partial charge < -0.3 is 19.5 Å². The van der Waals surface area contributed by atoms with Gasteiger partial charge >= 0.3 is 0 Å². The molecule has 1 aliphatic heterocycles. The van der Waals surface area contributed by atoms with Gasteiger partial charge in [-0.05, 0) is 56.3 Å². The van der Waals surface area contributed by atoms with Crippen LogP contribution < -0.4 is 25.3 Å². The molecule has 4 N–H and O–H groups in total. The van der Waals surface area contributed by atoms with Crippen LogP contribution in [0.3, 0.4) is 0 Å². The number of nitrogens with one attached hydrogen (secondary N) is 2. The van der Waals surface area contributed by atoms with Gasteiger partial charge in [-0.3, -0.25) is 15.8 Å². The molecule has 4 aromatic rings. The standard InChI is InChI=1S/C26H24Cl2N6O3/c1-35-22-9-14(8-15(11-29)25(22)36-16-4-6-31-7-5-16)24-18-10-17(2-3-21(18)33-34-24)37-26(30)23-19(27)12-32-13-20(23)28/h2-3,8-10,12-13,16,26,31H,4-7,30H2,1H3,(H,33,34)/t26-/m0/s1. The summed E-state index contributed by atoms with van der Waals surface area (Å²) in [5, 5.41) is 22.1. The number of fused-ring (bicyclic) bond motifs is 1. The van der Waals surface area contributed by atoms with E-state index in [9.17, 15) is 5.26 Å². The molecule has 0 radical (unpaired) electrons. The second-order valence-electron chi connectivity index (χ2n) is 8.57. The zero-order valence-corrected chi connectivity index (χ0v) is 21.4. The van der Waals surface area contributed by atoms with Gasteiger partial charge in [-0.2, -0.15) is 10.4 Å². The minimum absolute atomic E-state index is 0.0191. The predicted molar refractivity (Wildman–Crippen MR) is 141 cm³/mol. The summed E-state index contributed by atoms with van der Waals surface area (Å²) in [5.41, 5.74) is 9.17.